The minimum Gasteiger partial charge on any atom is -0.493 e. The molecule has 25 heavy (non-hydrogen) atoms. The zero-order valence-electron chi connectivity index (χ0n) is 15.1. The van der Waals surface area contributed by atoms with Crippen molar-refractivity contribution >= 4 is 11.9 Å². The third kappa shape index (κ3) is 4.24. The zero-order valence-corrected chi connectivity index (χ0v) is 15.1. The highest BCUT2D eigenvalue weighted by atomic mass is 16.5. The molecule has 0 aliphatic carbocycles. The number of likely N-dealkylation sites (tertiary alicyclic amines) is 1. The average molecular weight is 344 g/mol. The van der Waals surface area contributed by atoms with Crippen LogP contribution in [0.5, 0.6) is 5.75 Å². The molecule has 0 spiro atoms. The van der Waals surface area contributed by atoms with Gasteiger partial charge in [0.05, 0.1) is 6.61 Å². The molecule has 6 nitrogen and oxygen atoms in total. The number of rotatable bonds is 4. The summed E-state index contributed by atoms with van der Waals surface area (Å²) in [7, 11) is 1.79. The van der Waals surface area contributed by atoms with Crippen LogP contribution in [0.2, 0.25) is 0 Å². The van der Waals surface area contributed by atoms with Gasteiger partial charge in [-0.15, -0.1) is 0 Å². The van der Waals surface area contributed by atoms with Crippen LogP contribution in [-0.4, -0.2) is 56.1 Å². The van der Waals surface area contributed by atoms with Crippen LogP contribution in [0, 0.1) is 0 Å². The molecule has 136 valence electrons. The summed E-state index contributed by atoms with van der Waals surface area (Å²) in [6, 6.07) is 8.52. The number of guanidine groups is 1. The van der Waals surface area contributed by atoms with Crippen molar-refractivity contribution in [2.45, 2.75) is 38.1 Å². The van der Waals surface area contributed by atoms with E-state index >= 15 is 0 Å². The fraction of sp³-hybridized carbons (Fsp3) is 0.579. The van der Waals surface area contributed by atoms with Crippen molar-refractivity contribution in [3.63, 3.8) is 0 Å². The Morgan fingerprint density at radius 1 is 1.36 bits per heavy atom. The van der Waals surface area contributed by atoms with E-state index in [9.17, 15) is 4.79 Å². The quantitative estimate of drug-likeness (QED) is 0.645. The summed E-state index contributed by atoms with van der Waals surface area (Å²) in [4.78, 5) is 18.1. The third-order valence-corrected chi connectivity index (χ3v) is 5.01. The molecule has 1 fully saturated rings. The van der Waals surface area contributed by atoms with E-state index in [1.165, 1.54) is 5.56 Å². The number of ether oxygens (including phenoxy) is 1. The lowest BCUT2D eigenvalue weighted by atomic mass is 9.93. The summed E-state index contributed by atoms with van der Waals surface area (Å²) >= 11 is 0. The van der Waals surface area contributed by atoms with E-state index in [2.05, 4.69) is 27.8 Å². The number of nitrogens with zero attached hydrogens (tertiary/aromatic N) is 2. The molecule has 2 aliphatic heterocycles. The van der Waals surface area contributed by atoms with E-state index in [1.807, 2.05) is 24.0 Å². The maximum absolute atomic E-state index is 11.8. The summed E-state index contributed by atoms with van der Waals surface area (Å²) < 4.78 is 5.73. The zero-order chi connectivity index (χ0) is 17.6. The molecule has 1 aromatic rings. The van der Waals surface area contributed by atoms with Gasteiger partial charge in [0.15, 0.2) is 5.96 Å². The maximum Gasteiger partial charge on any atom is 0.222 e. The molecule has 2 aliphatic rings. The van der Waals surface area contributed by atoms with E-state index in [1.54, 1.807) is 7.05 Å². The van der Waals surface area contributed by atoms with E-state index < -0.39 is 0 Å². The van der Waals surface area contributed by atoms with Gasteiger partial charge in [0, 0.05) is 45.1 Å². The number of hydrogen-bond acceptors (Lipinski definition) is 3. The number of carbonyl (C=O) groups excluding carboxylic acids is 1. The van der Waals surface area contributed by atoms with Crippen LogP contribution < -0.4 is 15.4 Å². The van der Waals surface area contributed by atoms with Crippen LogP contribution >= 0.6 is 0 Å². The third-order valence-electron chi connectivity index (χ3n) is 5.01. The van der Waals surface area contributed by atoms with E-state index in [0.717, 1.165) is 50.8 Å². The first-order chi connectivity index (χ1) is 12.2. The highest BCUT2D eigenvalue weighted by molar-refractivity contribution is 5.80. The predicted molar refractivity (Wildman–Crippen MR) is 99.1 cm³/mol. The fourth-order valence-corrected chi connectivity index (χ4v) is 3.56. The summed E-state index contributed by atoms with van der Waals surface area (Å²) in [6.45, 7) is 5.08. The Hall–Kier alpha value is -2.24. The highest BCUT2D eigenvalue weighted by Gasteiger charge is 2.26. The van der Waals surface area contributed by atoms with Gasteiger partial charge in [-0.3, -0.25) is 9.79 Å². The molecule has 0 aromatic heterocycles. The topological polar surface area (TPSA) is 66.0 Å². The normalized spacial score (nSPS) is 23.0. The second-order valence-electron chi connectivity index (χ2n) is 6.65. The van der Waals surface area contributed by atoms with E-state index in [0.29, 0.717) is 12.3 Å². The Balaban J connectivity index is 1.52. The molecule has 2 heterocycles. The molecule has 1 saturated heterocycles. The van der Waals surface area contributed by atoms with Gasteiger partial charge >= 0.3 is 0 Å². The molecule has 6 heteroatoms. The summed E-state index contributed by atoms with van der Waals surface area (Å²) in [5.41, 5.74) is 1.26. The van der Waals surface area contributed by atoms with Gasteiger partial charge in [-0.1, -0.05) is 25.1 Å². The van der Waals surface area contributed by atoms with Crippen LogP contribution in [0.4, 0.5) is 0 Å². The van der Waals surface area contributed by atoms with Gasteiger partial charge in [-0.25, -0.2) is 0 Å². The second-order valence-corrected chi connectivity index (χ2v) is 6.65. The Morgan fingerprint density at radius 2 is 2.20 bits per heavy atom. The monoisotopic (exact) mass is 344 g/mol. The largest absolute Gasteiger partial charge is 0.493 e. The van der Waals surface area contributed by atoms with Crippen LogP contribution in [0.25, 0.3) is 0 Å². The first-order valence-corrected chi connectivity index (χ1v) is 9.18. The first-order valence-electron chi connectivity index (χ1n) is 9.18. The van der Waals surface area contributed by atoms with Crippen molar-refractivity contribution in [2.75, 3.05) is 33.3 Å². The van der Waals surface area contributed by atoms with Crippen LogP contribution in [0.3, 0.4) is 0 Å². The fourth-order valence-electron chi connectivity index (χ4n) is 3.56. The number of fused-ring (bicyclic) bond motifs is 1. The smallest absolute Gasteiger partial charge is 0.222 e. The van der Waals surface area contributed by atoms with Crippen molar-refractivity contribution in [1.29, 1.82) is 0 Å². The Bertz CT molecular complexity index is 632. The van der Waals surface area contributed by atoms with Crippen LogP contribution in [0.15, 0.2) is 29.3 Å². The molecular formula is C19H28N4O2. The number of aliphatic imine (C=N–C) groups is 1. The molecule has 2 atom stereocenters. The average Bonchev–Trinajstić information content (AvgIpc) is 3.13. The van der Waals surface area contributed by atoms with Crippen molar-refractivity contribution in [1.82, 2.24) is 15.5 Å². The van der Waals surface area contributed by atoms with Crippen LogP contribution in [0.1, 0.15) is 37.7 Å². The van der Waals surface area contributed by atoms with Gasteiger partial charge in [-0.05, 0) is 24.5 Å². The lowest BCUT2D eigenvalue weighted by molar-refractivity contribution is -0.129. The summed E-state index contributed by atoms with van der Waals surface area (Å²) in [5.74, 6) is 2.45. The van der Waals surface area contributed by atoms with E-state index in [4.69, 9.17) is 4.74 Å². The standard InChI is InChI=1S/C19H28N4O2/c1-3-18(24)23-10-8-15(13-23)22-19(20-2)21-12-14-9-11-25-17-7-5-4-6-16(14)17/h4-7,14-15H,3,8-13H2,1-2H3,(H2,20,21,22). The molecule has 1 aromatic carbocycles. The maximum atomic E-state index is 11.8. The number of carbonyl (C=O) groups is 1. The molecule has 0 radical (unpaired) electrons. The molecule has 0 bridgehead atoms. The van der Waals surface area contributed by atoms with Crippen molar-refractivity contribution in [3.05, 3.63) is 29.8 Å². The molecule has 1 amide bonds. The van der Waals surface area contributed by atoms with Crippen molar-refractivity contribution < 1.29 is 9.53 Å². The number of nitrogens with one attached hydrogen (secondary N) is 2. The Labute approximate surface area is 149 Å². The van der Waals surface area contributed by atoms with Gasteiger partial charge < -0.3 is 20.3 Å². The lowest BCUT2D eigenvalue weighted by Crippen LogP contribution is -2.46. The number of hydrogen-bond donors (Lipinski definition) is 2. The van der Waals surface area contributed by atoms with Gasteiger partial charge in [0.25, 0.3) is 0 Å². The minimum atomic E-state index is 0.228. The van der Waals surface area contributed by atoms with Gasteiger partial charge in [0.1, 0.15) is 5.75 Å². The molecule has 0 saturated carbocycles. The minimum absolute atomic E-state index is 0.228. The van der Waals surface area contributed by atoms with Gasteiger partial charge in [-0.2, -0.15) is 0 Å². The first kappa shape index (κ1) is 17.6. The second kappa shape index (κ2) is 8.23. The van der Waals surface area contributed by atoms with Gasteiger partial charge in [0.2, 0.25) is 5.91 Å². The Kier molecular flexibility index (Phi) is 5.79. The van der Waals surface area contributed by atoms with Crippen molar-refractivity contribution in [3.8, 4) is 5.75 Å². The van der Waals surface area contributed by atoms with E-state index in [-0.39, 0.29) is 11.9 Å². The Morgan fingerprint density at radius 3 is 3.00 bits per heavy atom. The molecule has 3 rings (SSSR count). The molecule has 2 unspecified atom stereocenters. The number of amides is 1. The molecular weight excluding hydrogens is 316 g/mol. The lowest BCUT2D eigenvalue weighted by Gasteiger charge is -2.27. The number of para-hydroxylation sites is 1. The summed E-state index contributed by atoms with van der Waals surface area (Å²) in [6.07, 6.45) is 2.54. The SMILES string of the molecule is CCC(=O)N1CCC(NC(=NC)NCC2CCOc3ccccc32)C1. The van der Waals surface area contributed by atoms with Crippen molar-refractivity contribution in [2.24, 2.45) is 4.99 Å². The van der Waals surface area contributed by atoms with Crippen LogP contribution in [-0.2, 0) is 4.79 Å². The predicted octanol–water partition coefficient (Wildman–Crippen LogP) is 1.73. The highest BCUT2D eigenvalue weighted by Crippen LogP contribution is 2.32. The summed E-state index contributed by atoms with van der Waals surface area (Å²) in [5, 5.41) is 6.90. The number of benzene rings is 1. The molecule has 2 N–H and O–H groups in total.